The van der Waals surface area contributed by atoms with Crippen LogP contribution in [0, 0.1) is 0 Å². The molecule has 0 aliphatic heterocycles. The summed E-state index contributed by atoms with van der Waals surface area (Å²) in [7, 11) is 0. The molecule has 5 nitrogen and oxygen atoms in total. The number of phenolic OH excluding ortho intramolecular Hbond substituents is 1. The van der Waals surface area contributed by atoms with Gasteiger partial charge in [-0.15, -0.1) is 0 Å². The number of halogens is 1. The maximum atomic E-state index is 10.0. The molecule has 25 heavy (non-hydrogen) atoms. The summed E-state index contributed by atoms with van der Waals surface area (Å²) in [6.07, 6.45) is 1.65. The summed E-state index contributed by atoms with van der Waals surface area (Å²) in [5.41, 5.74) is 9.68. The first kappa shape index (κ1) is 15.5. The smallest absolute Gasteiger partial charge is 0.221 e. The topological polar surface area (TPSA) is 84.9 Å². The predicted molar refractivity (Wildman–Crippen MR) is 102 cm³/mol. The molecule has 2 heterocycles. The summed E-state index contributed by atoms with van der Waals surface area (Å²) in [6.45, 7) is 0. The minimum Gasteiger partial charge on any atom is -0.506 e. The molecule has 6 heteroatoms. The number of aromatic nitrogens is 3. The van der Waals surface area contributed by atoms with Gasteiger partial charge in [0.2, 0.25) is 5.95 Å². The Morgan fingerprint density at radius 2 is 1.68 bits per heavy atom. The van der Waals surface area contributed by atoms with Crippen LogP contribution in [0.2, 0.25) is 0 Å². The third kappa shape index (κ3) is 2.92. The predicted octanol–water partition coefficient (Wildman–Crippen LogP) is 4.41. The van der Waals surface area contributed by atoms with Gasteiger partial charge in [0, 0.05) is 27.2 Å². The second-order valence-corrected chi connectivity index (χ2v) is 6.45. The summed E-state index contributed by atoms with van der Waals surface area (Å²) in [5, 5.41) is 10.8. The molecular weight excluding hydrogens is 380 g/mol. The lowest BCUT2D eigenvalue weighted by Crippen LogP contribution is -1.99. The van der Waals surface area contributed by atoms with E-state index < -0.39 is 0 Å². The third-order valence-electron chi connectivity index (χ3n) is 3.91. The zero-order valence-electron chi connectivity index (χ0n) is 13.0. The number of hydrogen-bond acceptors (Lipinski definition) is 5. The third-order valence-corrected chi connectivity index (χ3v) is 4.44. The molecule has 0 saturated carbocycles. The minimum absolute atomic E-state index is 0.134. The molecule has 0 atom stereocenters. The Kier molecular flexibility index (Phi) is 3.82. The maximum absolute atomic E-state index is 10.0. The summed E-state index contributed by atoms with van der Waals surface area (Å²) in [6, 6.07) is 16.9. The molecule has 0 amide bonds. The quantitative estimate of drug-likeness (QED) is 0.527. The van der Waals surface area contributed by atoms with Gasteiger partial charge in [-0.3, -0.25) is 4.98 Å². The van der Waals surface area contributed by atoms with Crippen LogP contribution in [-0.4, -0.2) is 20.1 Å². The molecule has 122 valence electrons. The van der Waals surface area contributed by atoms with E-state index >= 15 is 0 Å². The van der Waals surface area contributed by atoms with Crippen LogP contribution in [0.15, 0.2) is 65.3 Å². The molecule has 0 saturated heterocycles. The van der Waals surface area contributed by atoms with Crippen LogP contribution in [-0.2, 0) is 0 Å². The highest BCUT2D eigenvalue weighted by Gasteiger charge is 2.12. The molecule has 3 N–H and O–H groups in total. The maximum Gasteiger partial charge on any atom is 0.221 e. The highest BCUT2D eigenvalue weighted by atomic mass is 79.9. The monoisotopic (exact) mass is 392 g/mol. The molecule has 4 rings (SSSR count). The Hall–Kier alpha value is -2.99. The van der Waals surface area contributed by atoms with Crippen molar-refractivity contribution in [2.75, 3.05) is 5.73 Å². The summed E-state index contributed by atoms with van der Waals surface area (Å²) in [4.78, 5) is 13.0. The fourth-order valence-electron chi connectivity index (χ4n) is 2.75. The van der Waals surface area contributed by atoms with E-state index in [2.05, 4.69) is 30.9 Å². The van der Waals surface area contributed by atoms with Crippen molar-refractivity contribution >= 4 is 32.8 Å². The first-order valence-electron chi connectivity index (χ1n) is 7.59. The van der Waals surface area contributed by atoms with Crippen molar-refractivity contribution in [3.63, 3.8) is 0 Å². The van der Waals surface area contributed by atoms with Crippen molar-refractivity contribution in [3.05, 3.63) is 65.3 Å². The van der Waals surface area contributed by atoms with Crippen LogP contribution in [0.4, 0.5) is 5.95 Å². The van der Waals surface area contributed by atoms with Crippen molar-refractivity contribution in [1.82, 2.24) is 15.0 Å². The van der Waals surface area contributed by atoms with Gasteiger partial charge in [-0.1, -0.05) is 34.1 Å². The Labute approximate surface area is 152 Å². The van der Waals surface area contributed by atoms with E-state index in [0.717, 1.165) is 26.7 Å². The largest absolute Gasteiger partial charge is 0.506 e. The lowest BCUT2D eigenvalue weighted by molar-refractivity contribution is 0.480. The van der Waals surface area contributed by atoms with E-state index in [1.807, 2.05) is 48.5 Å². The molecule has 2 aromatic heterocycles. The Bertz CT molecular complexity index is 1080. The summed E-state index contributed by atoms with van der Waals surface area (Å²) < 4.78 is 0.995. The summed E-state index contributed by atoms with van der Waals surface area (Å²) in [5.74, 6) is 0.329. The number of nitrogens with two attached hydrogens (primary N) is 1. The zero-order chi connectivity index (χ0) is 17.4. The van der Waals surface area contributed by atoms with Gasteiger partial charge >= 0.3 is 0 Å². The van der Waals surface area contributed by atoms with Crippen LogP contribution in [0.1, 0.15) is 0 Å². The Balaban J connectivity index is 1.92. The van der Waals surface area contributed by atoms with Crippen LogP contribution in [0.3, 0.4) is 0 Å². The number of anilines is 1. The van der Waals surface area contributed by atoms with Gasteiger partial charge in [0.05, 0.1) is 11.4 Å². The highest BCUT2D eigenvalue weighted by molar-refractivity contribution is 9.10. The van der Waals surface area contributed by atoms with E-state index in [1.165, 1.54) is 0 Å². The van der Waals surface area contributed by atoms with Gasteiger partial charge in [0.25, 0.3) is 0 Å². The van der Waals surface area contributed by atoms with Gasteiger partial charge in [-0.05, 0) is 36.4 Å². The Morgan fingerprint density at radius 1 is 0.920 bits per heavy atom. The molecule has 0 unspecified atom stereocenters. The standard InChI is InChI=1S/C19H13BrN4O/c20-12-5-3-11(4-6-12)15-10-16(24-19(21)23-15)13-7-8-17(25)18-14(13)2-1-9-22-18/h1-10,25H,(H2,21,23,24). The number of phenols is 1. The molecule has 0 aliphatic carbocycles. The first-order valence-corrected chi connectivity index (χ1v) is 8.39. The number of pyridine rings is 1. The SMILES string of the molecule is Nc1nc(-c2ccc(Br)cc2)cc(-c2ccc(O)c3ncccc23)n1. The van der Waals surface area contributed by atoms with Gasteiger partial charge < -0.3 is 10.8 Å². The lowest BCUT2D eigenvalue weighted by Gasteiger charge is -2.09. The Morgan fingerprint density at radius 3 is 2.48 bits per heavy atom. The van der Waals surface area contributed by atoms with Crippen molar-refractivity contribution in [1.29, 1.82) is 0 Å². The number of benzene rings is 2. The van der Waals surface area contributed by atoms with E-state index in [0.29, 0.717) is 11.2 Å². The van der Waals surface area contributed by atoms with Gasteiger partial charge in [-0.25, -0.2) is 9.97 Å². The van der Waals surface area contributed by atoms with Gasteiger partial charge in [0.1, 0.15) is 11.3 Å². The minimum atomic E-state index is 0.134. The fourth-order valence-corrected chi connectivity index (χ4v) is 3.02. The number of rotatable bonds is 2. The second-order valence-electron chi connectivity index (χ2n) is 5.54. The van der Waals surface area contributed by atoms with Gasteiger partial charge in [0.15, 0.2) is 0 Å². The van der Waals surface area contributed by atoms with E-state index in [1.54, 1.807) is 12.3 Å². The van der Waals surface area contributed by atoms with E-state index in [-0.39, 0.29) is 11.7 Å². The number of aromatic hydroxyl groups is 1. The average Bonchev–Trinajstić information content (AvgIpc) is 2.62. The van der Waals surface area contributed by atoms with E-state index in [9.17, 15) is 5.11 Å². The van der Waals surface area contributed by atoms with Crippen molar-refractivity contribution < 1.29 is 5.11 Å². The lowest BCUT2D eigenvalue weighted by atomic mass is 10.0. The molecule has 0 fully saturated rings. The zero-order valence-corrected chi connectivity index (χ0v) is 14.6. The van der Waals surface area contributed by atoms with Gasteiger partial charge in [-0.2, -0.15) is 0 Å². The van der Waals surface area contributed by atoms with Crippen molar-refractivity contribution in [3.8, 4) is 28.3 Å². The van der Waals surface area contributed by atoms with E-state index in [4.69, 9.17) is 5.73 Å². The van der Waals surface area contributed by atoms with Crippen molar-refractivity contribution in [2.24, 2.45) is 0 Å². The molecule has 0 spiro atoms. The number of nitrogens with zero attached hydrogens (tertiary/aromatic N) is 3. The molecule has 0 radical (unpaired) electrons. The molecule has 0 bridgehead atoms. The average molecular weight is 393 g/mol. The van der Waals surface area contributed by atoms with Crippen LogP contribution < -0.4 is 5.73 Å². The molecule has 2 aromatic carbocycles. The molecule has 4 aromatic rings. The van der Waals surface area contributed by atoms with Crippen LogP contribution >= 0.6 is 15.9 Å². The van der Waals surface area contributed by atoms with Crippen LogP contribution in [0.5, 0.6) is 5.75 Å². The summed E-state index contributed by atoms with van der Waals surface area (Å²) >= 11 is 3.43. The second kappa shape index (κ2) is 6.14. The highest BCUT2D eigenvalue weighted by Crippen LogP contribution is 2.33. The number of nitrogen functional groups attached to an aromatic ring is 1. The molecule has 0 aliphatic rings. The normalized spacial score (nSPS) is 10.9. The van der Waals surface area contributed by atoms with Crippen LogP contribution in [0.25, 0.3) is 33.4 Å². The first-order chi connectivity index (χ1) is 12.1. The van der Waals surface area contributed by atoms with Crippen molar-refractivity contribution in [2.45, 2.75) is 0 Å². The fraction of sp³-hybridized carbons (Fsp3) is 0. The molecular formula is C19H13BrN4O. The number of hydrogen-bond donors (Lipinski definition) is 2. The number of fused-ring (bicyclic) bond motifs is 1.